The Hall–Kier alpha value is -1.27. The monoisotopic (exact) mass is 282 g/mol. The lowest BCUT2D eigenvalue weighted by Crippen LogP contribution is -2.02. The van der Waals surface area contributed by atoms with E-state index in [4.69, 9.17) is 0 Å². The average Bonchev–Trinajstić information content (AvgIpc) is 2.96. The van der Waals surface area contributed by atoms with E-state index in [1.807, 2.05) is 12.3 Å². The summed E-state index contributed by atoms with van der Waals surface area (Å²) >= 11 is 3.27. The molecule has 0 saturated carbocycles. The highest BCUT2D eigenvalue weighted by atomic mass is 32.1. The standard InChI is InChI=1S/C12H14N2O2S2/c1-8-13-10(7-17-8)5-11-14-9(6-18-11)3-4-12(15)16-2/h6-7H,3-5H2,1-2H3. The van der Waals surface area contributed by atoms with E-state index in [0.717, 1.165) is 27.8 Å². The molecule has 0 aliphatic heterocycles. The van der Waals surface area contributed by atoms with E-state index in [2.05, 4.69) is 20.1 Å². The number of thiazole rings is 2. The van der Waals surface area contributed by atoms with Gasteiger partial charge in [-0.15, -0.1) is 22.7 Å². The van der Waals surface area contributed by atoms with E-state index in [9.17, 15) is 4.79 Å². The second-order valence-electron chi connectivity index (χ2n) is 3.84. The van der Waals surface area contributed by atoms with Gasteiger partial charge in [-0.2, -0.15) is 0 Å². The van der Waals surface area contributed by atoms with Crippen molar-refractivity contribution in [1.82, 2.24) is 9.97 Å². The summed E-state index contributed by atoms with van der Waals surface area (Å²) in [5.41, 5.74) is 2.01. The number of hydrogen-bond acceptors (Lipinski definition) is 6. The van der Waals surface area contributed by atoms with Gasteiger partial charge < -0.3 is 4.74 Å². The molecule has 2 rings (SSSR count). The van der Waals surface area contributed by atoms with E-state index < -0.39 is 0 Å². The van der Waals surface area contributed by atoms with Crippen molar-refractivity contribution in [1.29, 1.82) is 0 Å². The zero-order chi connectivity index (χ0) is 13.0. The highest BCUT2D eigenvalue weighted by molar-refractivity contribution is 7.10. The zero-order valence-electron chi connectivity index (χ0n) is 10.3. The highest BCUT2D eigenvalue weighted by Gasteiger charge is 2.07. The Morgan fingerprint density at radius 1 is 1.28 bits per heavy atom. The van der Waals surface area contributed by atoms with Gasteiger partial charge in [0.25, 0.3) is 0 Å². The normalized spacial score (nSPS) is 10.6. The third kappa shape index (κ3) is 3.61. The molecule has 18 heavy (non-hydrogen) atoms. The van der Waals surface area contributed by atoms with Crippen molar-refractivity contribution in [3.05, 3.63) is 32.2 Å². The van der Waals surface area contributed by atoms with Crippen LogP contribution in [0, 0.1) is 6.92 Å². The van der Waals surface area contributed by atoms with Crippen LogP contribution in [0.5, 0.6) is 0 Å². The second-order valence-corrected chi connectivity index (χ2v) is 5.85. The Kier molecular flexibility index (Phi) is 4.43. The molecule has 6 heteroatoms. The maximum atomic E-state index is 11.0. The first-order chi connectivity index (χ1) is 8.67. The maximum Gasteiger partial charge on any atom is 0.305 e. The van der Waals surface area contributed by atoms with Crippen LogP contribution in [0.25, 0.3) is 0 Å². The van der Waals surface area contributed by atoms with Gasteiger partial charge in [0.05, 0.1) is 34.9 Å². The molecule has 0 aliphatic rings. The summed E-state index contributed by atoms with van der Waals surface area (Å²) in [4.78, 5) is 19.9. The Morgan fingerprint density at radius 3 is 2.72 bits per heavy atom. The smallest absolute Gasteiger partial charge is 0.305 e. The molecule has 0 aliphatic carbocycles. The van der Waals surface area contributed by atoms with E-state index in [1.54, 1.807) is 22.7 Å². The van der Waals surface area contributed by atoms with Crippen LogP contribution >= 0.6 is 22.7 Å². The molecule has 4 nitrogen and oxygen atoms in total. The van der Waals surface area contributed by atoms with Gasteiger partial charge in [0.15, 0.2) is 0 Å². The summed E-state index contributed by atoms with van der Waals surface area (Å²) in [5.74, 6) is -0.195. The predicted octanol–water partition coefficient (Wildman–Crippen LogP) is 2.60. The Labute approximate surface area is 114 Å². The molecule has 0 atom stereocenters. The molecule has 0 amide bonds. The number of aryl methyl sites for hydroxylation is 2. The van der Waals surface area contributed by atoms with Crippen molar-refractivity contribution in [2.24, 2.45) is 0 Å². The fraction of sp³-hybridized carbons (Fsp3) is 0.417. The van der Waals surface area contributed by atoms with E-state index >= 15 is 0 Å². The molecule has 0 spiro atoms. The molecule has 96 valence electrons. The van der Waals surface area contributed by atoms with Crippen LogP contribution in [0.3, 0.4) is 0 Å². The third-order valence-corrected chi connectivity index (χ3v) is 4.13. The lowest BCUT2D eigenvalue weighted by atomic mass is 10.2. The third-order valence-electron chi connectivity index (χ3n) is 2.41. The number of ether oxygens (including phenoxy) is 1. The van der Waals surface area contributed by atoms with Gasteiger partial charge in [-0.05, 0) is 6.92 Å². The molecule has 0 unspecified atom stereocenters. The number of methoxy groups -OCH3 is 1. The molecule has 0 radical (unpaired) electrons. The van der Waals surface area contributed by atoms with Crippen LogP contribution in [0.15, 0.2) is 10.8 Å². The van der Waals surface area contributed by atoms with Gasteiger partial charge in [-0.1, -0.05) is 0 Å². The first kappa shape index (κ1) is 13.2. The Morgan fingerprint density at radius 2 is 2.06 bits per heavy atom. The largest absolute Gasteiger partial charge is 0.469 e. The lowest BCUT2D eigenvalue weighted by molar-refractivity contribution is -0.140. The Bertz CT molecular complexity index is 534. The van der Waals surface area contributed by atoms with Gasteiger partial charge in [0.2, 0.25) is 0 Å². The zero-order valence-corrected chi connectivity index (χ0v) is 11.9. The Balaban J connectivity index is 1.91. The van der Waals surface area contributed by atoms with Crippen molar-refractivity contribution in [2.45, 2.75) is 26.2 Å². The maximum absolute atomic E-state index is 11.0. The van der Waals surface area contributed by atoms with Gasteiger partial charge in [0, 0.05) is 23.6 Å². The summed E-state index contributed by atoms with van der Waals surface area (Å²) in [7, 11) is 1.40. The van der Waals surface area contributed by atoms with Gasteiger partial charge >= 0.3 is 5.97 Å². The lowest BCUT2D eigenvalue weighted by Gasteiger charge is -1.96. The molecule has 0 saturated heterocycles. The molecule has 0 fully saturated rings. The average molecular weight is 282 g/mol. The first-order valence-corrected chi connectivity index (χ1v) is 7.34. The number of hydrogen-bond donors (Lipinski definition) is 0. The van der Waals surface area contributed by atoms with Crippen molar-refractivity contribution >= 4 is 28.6 Å². The number of rotatable bonds is 5. The molecular weight excluding hydrogens is 268 g/mol. The summed E-state index contributed by atoms with van der Waals surface area (Å²) < 4.78 is 4.61. The van der Waals surface area contributed by atoms with Gasteiger partial charge in [0.1, 0.15) is 0 Å². The van der Waals surface area contributed by atoms with Crippen LogP contribution in [-0.4, -0.2) is 23.0 Å². The number of aromatic nitrogens is 2. The van der Waals surface area contributed by atoms with Crippen molar-refractivity contribution in [2.75, 3.05) is 7.11 Å². The first-order valence-electron chi connectivity index (χ1n) is 5.58. The number of esters is 1. The van der Waals surface area contributed by atoms with Crippen molar-refractivity contribution in [3.63, 3.8) is 0 Å². The fourth-order valence-electron chi connectivity index (χ4n) is 1.52. The highest BCUT2D eigenvalue weighted by Crippen LogP contribution is 2.17. The minimum absolute atomic E-state index is 0.195. The topological polar surface area (TPSA) is 52.1 Å². The minimum atomic E-state index is -0.195. The fourth-order valence-corrected chi connectivity index (χ4v) is 2.98. The van der Waals surface area contributed by atoms with E-state index in [-0.39, 0.29) is 5.97 Å². The summed E-state index contributed by atoms with van der Waals surface area (Å²) in [6.07, 6.45) is 1.79. The van der Waals surface area contributed by atoms with Crippen LogP contribution in [0.4, 0.5) is 0 Å². The molecular formula is C12H14N2O2S2. The van der Waals surface area contributed by atoms with Crippen molar-refractivity contribution in [3.8, 4) is 0 Å². The molecule has 2 aromatic heterocycles. The van der Waals surface area contributed by atoms with Gasteiger partial charge in [-0.25, -0.2) is 9.97 Å². The molecule has 0 aromatic carbocycles. The quantitative estimate of drug-likeness (QED) is 0.791. The van der Waals surface area contributed by atoms with Gasteiger partial charge in [-0.3, -0.25) is 4.79 Å². The molecule has 2 aromatic rings. The molecule has 0 bridgehead atoms. The predicted molar refractivity (Wildman–Crippen MR) is 72.1 cm³/mol. The second kappa shape index (κ2) is 6.06. The molecule has 2 heterocycles. The van der Waals surface area contributed by atoms with E-state index in [0.29, 0.717) is 12.8 Å². The van der Waals surface area contributed by atoms with E-state index in [1.165, 1.54) is 7.11 Å². The van der Waals surface area contributed by atoms with Crippen LogP contribution in [0.1, 0.15) is 27.8 Å². The number of carbonyl (C=O) groups is 1. The number of carbonyl (C=O) groups excluding carboxylic acids is 1. The van der Waals surface area contributed by atoms with Crippen LogP contribution < -0.4 is 0 Å². The van der Waals surface area contributed by atoms with Crippen LogP contribution in [-0.2, 0) is 22.4 Å². The SMILES string of the molecule is COC(=O)CCc1csc(Cc2csc(C)n2)n1. The summed E-state index contributed by atoms with van der Waals surface area (Å²) in [6, 6.07) is 0. The van der Waals surface area contributed by atoms with Crippen LogP contribution in [0.2, 0.25) is 0 Å². The minimum Gasteiger partial charge on any atom is -0.469 e. The molecule has 0 N–H and O–H groups in total. The number of nitrogens with zero attached hydrogens (tertiary/aromatic N) is 2. The van der Waals surface area contributed by atoms with Crippen molar-refractivity contribution < 1.29 is 9.53 Å². The summed E-state index contributed by atoms with van der Waals surface area (Å²) in [6.45, 7) is 2.00. The summed E-state index contributed by atoms with van der Waals surface area (Å²) in [5, 5.41) is 6.18.